The molecule has 0 spiro atoms. The molecular formula is C23H26ClN5O2S. The molecule has 0 bridgehead atoms. The first-order chi connectivity index (χ1) is 15.2. The van der Waals surface area contributed by atoms with Crippen molar-refractivity contribution in [2.45, 2.75) is 23.8 Å². The summed E-state index contributed by atoms with van der Waals surface area (Å²) in [4.78, 5) is 16.8. The van der Waals surface area contributed by atoms with E-state index in [4.69, 9.17) is 23.2 Å². The second-order valence-electron chi connectivity index (χ2n) is 7.50. The van der Waals surface area contributed by atoms with E-state index in [-0.39, 0.29) is 12.3 Å². The molecule has 0 amide bonds. The molecule has 5 N–H and O–H groups in total. The van der Waals surface area contributed by atoms with Crippen LogP contribution in [0.2, 0.25) is 5.02 Å². The summed E-state index contributed by atoms with van der Waals surface area (Å²) in [6.07, 6.45) is 3.46. The smallest absolute Gasteiger partial charge is 0.304 e. The van der Waals surface area contributed by atoms with Gasteiger partial charge in [-0.05, 0) is 66.0 Å². The highest BCUT2D eigenvalue weighted by Gasteiger charge is 2.21. The first-order valence-corrected chi connectivity index (χ1v) is 11.1. The Hall–Kier alpha value is -2.78. The van der Waals surface area contributed by atoms with E-state index in [0.717, 1.165) is 21.6 Å². The van der Waals surface area contributed by atoms with E-state index in [9.17, 15) is 9.90 Å². The van der Waals surface area contributed by atoms with Gasteiger partial charge in [0.1, 0.15) is 0 Å². The van der Waals surface area contributed by atoms with Gasteiger partial charge in [-0.3, -0.25) is 9.78 Å². The van der Waals surface area contributed by atoms with Gasteiger partial charge in [0.25, 0.3) is 0 Å². The Morgan fingerprint density at radius 2 is 1.91 bits per heavy atom. The van der Waals surface area contributed by atoms with Gasteiger partial charge in [0, 0.05) is 41.8 Å². The Morgan fingerprint density at radius 1 is 1.19 bits per heavy atom. The van der Waals surface area contributed by atoms with Gasteiger partial charge in [-0.25, -0.2) is 10.1 Å². The van der Waals surface area contributed by atoms with Crippen LogP contribution in [0.3, 0.4) is 0 Å². The maximum Gasteiger partial charge on any atom is 0.304 e. The van der Waals surface area contributed by atoms with Gasteiger partial charge in [0.15, 0.2) is 0 Å². The van der Waals surface area contributed by atoms with Crippen LogP contribution in [0.1, 0.15) is 29.0 Å². The maximum absolute atomic E-state index is 11.6. The van der Waals surface area contributed by atoms with E-state index >= 15 is 0 Å². The van der Waals surface area contributed by atoms with Gasteiger partial charge in [-0.15, -0.1) is 0 Å². The molecule has 0 aliphatic heterocycles. The number of pyridine rings is 1. The van der Waals surface area contributed by atoms with Crippen LogP contribution in [0.5, 0.6) is 0 Å². The summed E-state index contributed by atoms with van der Waals surface area (Å²) < 4.78 is 2.05. The third kappa shape index (κ3) is 6.14. The Kier molecular flexibility index (Phi) is 7.98. The molecule has 1 heterocycles. The van der Waals surface area contributed by atoms with Crippen molar-refractivity contribution in [3.63, 3.8) is 0 Å². The number of hydrogen-bond donors (Lipinski definition) is 3. The zero-order valence-electron chi connectivity index (χ0n) is 17.9. The molecule has 0 aliphatic carbocycles. The number of nitrogens with two attached hydrogens (primary N) is 2. The highest BCUT2D eigenvalue weighted by atomic mass is 35.5. The van der Waals surface area contributed by atoms with Crippen molar-refractivity contribution in [1.82, 2.24) is 9.29 Å². The molecule has 0 radical (unpaired) electrons. The highest BCUT2D eigenvalue weighted by Crippen LogP contribution is 2.35. The third-order valence-corrected chi connectivity index (χ3v) is 6.24. The quantitative estimate of drug-likeness (QED) is 0.183. The van der Waals surface area contributed by atoms with Gasteiger partial charge in [0.2, 0.25) is 0 Å². The second kappa shape index (κ2) is 10.7. The molecule has 9 heteroatoms. The normalized spacial score (nSPS) is 12.0. The van der Waals surface area contributed by atoms with Crippen LogP contribution in [-0.2, 0) is 11.3 Å². The lowest BCUT2D eigenvalue weighted by molar-refractivity contribution is -0.137. The van der Waals surface area contributed by atoms with Crippen molar-refractivity contribution in [3.8, 4) is 0 Å². The van der Waals surface area contributed by atoms with Gasteiger partial charge < -0.3 is 15.8 Å². The van der Waals surface area contributed by atoms with Crippen molar-refractivity contribution in [3.05, 3.63) is 82.6 Å². The summed E-state index contributed by atoms with van der Waals surface area (Å²) in [7, 11) is 3.67. The zero-order chi connectivity index (χ0) is 23.3. The molecule has 3 rings (SSSR count). The standard InChI is InChI=1S/C23H26ClN5O2S/c1-28(32-18-4-3-9-27-13-18)14-17-10-15(5-7-20(17)24)19(12-23(30)31)16-6-8-22(29(2)26)21(25)11-16/h3-11,13,19H,12,14,25-26H2,1-2H3,(H,30,31). The van der Waals surface area contributed by atoms with Gasteiger partial charge in [0.05, 0.1) is 17.8 Å². The number of nitrogens with zero attached hydrogens (tertiary/aromatic N) is 3. The Morgan fingerprint density at radius 3 is 2.53 bits per heavy atom. The van der Waals surface area contributed by atoms with Crippen molar-refractivity contribution in [2.24, 2.45) is 5.84 Å². The monoisotopic (exact) mass is 471 g/mol. The summed E-state index contributed by atoms with van der Waals surface area (Å²) in [5, 5.41) is 11.6. The van der Waals surface area contributed by atoms with E-state index in [2.05, 4.69) is 9.29 Å². The van der Waals surface area contributed by atoms with Crippen LogP contribution in [0, 0.1) is 0 Å². The van der Waals surface area contributed by atoms with Gasteiger partial charge in [-0.2, -0.15) is 0 Å². The summed E-state index contributed by atoms with van der Waals surface area (Å²) >= 11 is 8.04. The number of hydrazine groups is 1. The number of carboxylic acid groups (broad SMARTS) is 1. The predicted octanol–water partition coefficient (Wildman–Crippen LogP) is 4.37. The number of benzene rings is 2. The lowest BCUT2D eigenvalue weighted by Gasteiger charge is -2.22. The average Bonchev–Trinajstić information content (AvgIpc) is 2.74. The number of anilines is 2. The second-order valence-corrected chi connectivity index (χ2v) is 9.18. The van der Waals surface area contributed by atoms with Gasteiger partial charge in [-0.1, -0.05) is 29.8 Å². The summed E-state index contributed by atoms with van der Waals surface area (Å²) in [5.41, 5.74) is 9.90. The largest absolute Gasteiger partial charge is 0.481 e. The molecule has 7 nitrogen and oxygen atoms in total. The van der Waals surface area contributed by atoms with Crippen LogP contribution < -0.4 is 16.6 Å². The fraction of sp³-hybridized carbons (Fsp3) is 0.217. The van der Waals surface area contributed by atoms with Crippen LogP contribution in [-0.4, -0.2) is 34.5 Å². The minimum atomic E-state index is -0.894. The molecule has 0 saturated heterocycles. The number of nitrogen functional groups attached to an aromatic ring is 1. The lowest BCUT2D eigenvalue weighted by Crippen LogP contribution is -2.26. The highest BCUT2D eigenvalue weighted by molar-refractivity contribution is 7.97. The number of halogens is 1. The van der Waals surface area contributed by atoms with Crippen molar-refractivity contribution < 1.29 is 9.90 Å². The van der Waals surface area contributed by atoms with Crippen LogP contribution in [0.15, 0.2) is 65.8 Å². The topological polar surface area (TPSA) is 109 Å². The first-order valence-electron chi connectivity index (χ1n) is 9.91. The molecule has 1 atom stereocenters. The number of carboxylic acids is 1. The van der Waals surface area contributed by atoms with Crippen LogP contribution in [0.4, 0.5) is 11.4 Å². The van der Waals surface area contributed by atoms with Crippen LogP contribution in [0.25, 0.3) is 0 Å². The minimum absolute atomic E-state index is 0.0708. The fourth-order valence-corrected chi connectivity index (χ4v) is 4.49. The van der Waals surface area contributed by atoms with Crippen LogP contribution >= 0.6 is 23.5 Å². The Bertz CT molecular complexity index is 1080. The minimum Gasteiger partial charge on any atom is -0.481 e. The number of aromatic nitrogens is 1. The predicted molar refractivity (Wildman–Crippen MR) is 131 cm³/mol. The first kappa shape index (κ1) is 23.9. The van der Waals surface area contributed by atoms with E-state index in [1.54, 1.807) is 43.5 Å². The molecular weight excluding hydrogens is 446 g/mol. The number of aliphatic carboxylic acids is 1. The van der Waals surface area contributed by atoms with E-state index in [1.165, 1.54) is 5.01 Å². The molecule has 1 aromatic heterocycles. The molecule has 168 valence electrons. The Labute approximate surface area is 197 Å². The number of carbonyl (C=O) groups is 1. The van der Waals surface area contributed by atoms with E-state index in [0.29, 0.717) is 22.9 Å². The van der Waals surface area contributed by atoms with Gasteiger partial charge >= 0.3 is 5.97 Å². The molecule has 0 aliphatic rings. The zero-order valence-corrected chi connectivity index (χ0v) is 19.5. The molecule has 2 aromatic carbocycles. The van der Waals surface area contributed by atoms with Crippen molar-refractivity contribution >= 4 is 40.9 Å². The molecule has 32 heavy (non-hydrogen) atoms. The molecule has 3 aromatic rings. The number of rotatable bonds is 9. The molecule has 0 saturated carbocycles. The number of hydrogen-bond acceptors (Lipinski definition) is 7. The Balaban J connectivity index is 1.89. The average molecular weight is 472 g/mol. The fourth-order valence-electron chi connectivity index (χ4n) is 3.50. The van der Waals surface area contributed by atoms with Crippen molar-refractivity contribution in [1.29, 1.82) is 0 Å². The summed E-state index contributed by atoms with van der Waals surface area (Å²) in [5.74, 6) is 4.53. The summed E-state index contributed by atoms with van der Waals surface area (Å²) in [6, 6.07) is 15.0. The SMILES string of the molecule is CN(Cc1cc(C(CC(=O)O)c2ccc(N(C)N)c(N)c2)ccc1Cl)Sc1cccnc1. The van der Waals surface area contributed by atoms with E-state index < -0.39 is 5.97 Å². The third-order valence-electron chi connectivity index (χ3n) is 4.97. The van der Waals surface area contributed by atoms with E-state index in [1.807, 2.05) is 43.4 Å². The van der Waals surface area contributed by atoms with Crippen molar-refractivity contribution in [2.75, 3.05) is 24.8 Å². The molecule has 0 fully saturated rings. The lowest BCUT2D eigenvalue weighted by atomic mass is 9.87. The molecule has 1 unspecified atom stereocenters. The maximum atomic E-state index is 11.6. The summed E-state index contributed by atoms with van der Waals surface area (Å²) in [6.45, 7) is 0.574.